The molecule has 2 heterocycles. The normalized spacial score (nSPS) is 15.8. The van der Waals surface area contributed by atoms with Crippen molar-refractivity contribution in [3.05, 3.63) is 47.3 Å². The Morgan fingerprint density at radius 1 is 1.08 bits per heavy atom. The first-order valence-corrected chi connectivity index (χ1v) is 8.74. The summed E-state index contributed by atoms with van der Waals surface area (Å²) >= 11 is 0. The topological polar surface area (TPSA) is 41.7 Å². The largest absolute Gasteiger partial charge is 0.375 e. The van der Waals surface area contributed by atoms with E-state index in [2.05, 4.69) is 46.1 Å². The molecule has 0 aliphatic carbocycles. The zero-order valence-electron chi connectivity index (χ0n) is 14.7. The number of hydrogen-bond acceptors (Lipinski definition) is 5. The Hall–Kier alpha value is -1.85. The van der Waals surface area contributed by atoms with Gasteiger partial charge in [-0.25, -0.2) is 0 Å². The Balaban J connectivity index is 1.30. The van der Waals surface area contributed by atoms with E-state index in [0.717, 1.165) is 57.2 Å². The molecule has 0 bridgehead atoms. The van der Waals surface area contributed by atoms with Crippen LogP contribution in [-0.2, 0) is 11.3 Å². The van der Waals surface area contributed by atoms with Crippen molar-refractivity contribution in [2.75, 3.05) is 44.2 Å². The molecule has 1 aromatic carbocycles. The van der Waals surface area contributed by atoms with Crippen LogP contribution in [0.15, 0.2) is 34.9 Å². The Kier molecular flexibility index (Phi) is 5.88. The number of ether oxygens (including phenoxy) is 1. The standard InChI is InChI=1S/C19H27N3O2/c1-16-4-6-19(7-5-16)22-11-9-21(10-12-22)8-3-13-23-15-18-14-17(2)24-20-18/h4-7,14H,3,8-13,15H2,1-2H3. The van der Waals surface area contributed by atoms with Gasteiger partial charge in [-0.2, -0.15) is 0 Å². The molecular weight excluding hydrogens is 302 g/mol. The van der Waals surface area contributed by atoms with Gasteiger partial charge in [-0.1, -0.05) is 22.9 Å². The van der Waals surface area contributed by atoms with Crippen LogP contribution in [-0.4, -0.2) is 49.4 Å². The number of anilines is 1. The van der Waals surface area contributed by atoms with E-state index in [0.29, 0.717) is 6.61 Å². The summed E-state index contributed by atoms with van der Waals surface area (Å²) in [6.07, 6.45) is 1.06. The van der Waals surface area contributed by atoms with Gasteiger partial charge < -0.3 is 14.2 Å². The molecule has 1 aliphatic rings. The highest BCUT2D eigenvalue weighted by Crippen LogP contribution is 2.17. The Bertz CT molecular complexity index is 616. The van der Waals surface area contributed by atoms with Crippen LogP contribution in [0.2, 0.25) is 0 Å². The first-order valence-electron chi connectivity index (χ1n) is 8.74. The highest BCUT2D eigenvalue weighted by molar-refractivity contribution is 5.47. The lowest BCUT2D eigenvalue weighted by atomic mass is 10.2. The van der Waals surface area contributed by atoms with Crippen molar-refractivity contribution in [2.24, 2.45) is 0 Å². The summed E-state index contributed by atoms with van der Waals surface area (Å²) in [7, 11) is 0. The molecule has 0 amide bonds. The molecule has 3 rings (SSSR count). The fraction of sp³-hybridized carbons (Fsp3) is 0.526. The van der Waals surface area contributed by atoms with Gasteiger partial charge in [-0.3, -0.25) is 4.90 Å². The van der Waals surface area contributed by atoms with Gasteiger partial charge in [0.15, 0.2) is 0 Å². The van der Waals surface area contributed by atoms with Crippen molar-refractivity contribution < 1.29 is 9.26 Å². The van der Waals surface area contributed by atoms with Gasteiger partial charge in [-0.15, -0.1) is 0 Å². The van der Waals surface area contributed by atoms with E-state index in [1.165, 1.54) is 11.3 Å². The molecule has 2 aromatic rings. The number of aromatic nitrogens is 1. The number of rotatable bonds is 7. The summed E-state index contributed by atoms with van der Waals surface area (Å²) in [6.45, 7) is 10.9. The SMILES string of the molecule is Cc1ccc(N2CCN(CCCOCc3cc(C)on3)CC2)cc1. The molecule has 5 nitrogen and oxygen atoms in total. The van der Waals surface area contributed by atoms with Gasteiger partial charge in [0.25, 0.3) is 0 Å². The maximum atomic E-state index is 5.67. The first kappa shape index (κ1) is 17.0. The molecule has 0 unspecified atom stereocenters. The van der Waals surface area contributed by atoms with Crippen molar-refractivity contribution >= 4 is 5.69 Å². The summed E-state index contributed by atoms with van der Waals surface area (Å²) in [4.78, 5) is 4.99. The van der Waals surface area contributed by atoms with Crippen molar-refractivity contribution in [3.63, 3.8) is 0 Å². The number of hydrogen-bond donors (Lipinski definition) is 0. The first-order chi connectivity index (χ1) is 11.7. The van der Waals surface area contributed by atoms with Crippen molar-refractivity contribution in [1.29, 1.82) is 0 Å². The van der Waals surface area contributed by atoms with Crippen LogP contribution in [0.25, 0.3) is 0 Å². The van der Waals surface area contributed by atoms with E-state index in [9.17, 15) is 0 Å². The minimum atomic E-state index is 0.540. The maximum Gasteiger partial charge on any atom is 0.134 e. The second-order valence-electron chi connectivity index (χ2n) is 6.50. The second kappa shape index (κ2) is 8.31. The van der Waals surface area contributed by atoms with Gasteiger partial charge in [0, 0.05) is 51.1 Å². The average molecular weight is 329 g/mol. The zero-order valence-corrected chi connectivity index (χ0v) is 14.7. The minimum Gasteiger partial charge on any atom is -0.375 e. The van der Waals surface area contributed by atoms with E-state index in [4.69, 9.17) is 9.26 Å². The maximum absolute atomic E-state index is 5.67. The molecule has 0 atom stereocenters. The van der Waals surface area contributed by atoms with Gasteiger partial charge >= 0.3 is 0 Å². The number of piperazine rings is 1. The third-order valence-corrected chi connectivity index (χ3v) is 4.46. The van der Waals surface area contributed by atoms with Crippen LogP contribution in [0.5, 0.6) is 0 Å². The molecule has 0 N–H and O–H groups in total. The quantitative estimate of drug-likeness (QED) is 0.731. The van der Waals surface area contributed by atoms with Crippen LogP contribution in [0.1, 0.15) is 23.4 Å². The predicted molar refractivity (Wildman–Crippen MR) is 95.3 cm³/mol. The van der Waals surface area contributed by atoms with Crippen LogP contribution in [0.4, 0.5) is 5.69 Å². The molecule has 1 aromatic heterocycles. The molecule has 1 aliphatic heterocycles. The van der Waals surface area contributed by atoms with Gasteiger partial charge in [-0.05, 0) is 32.4 Å². The van der Waals surface area contributed by atoms with Crippen LogP contribution in [0, 0.1) is 13.8 Å². The summed E-state index contributed by atoms with van der Waals surface area (Å²) in [5.41, 5.74) is 3.53. The predicted octanol–water partition coefficient (Wildman–Crippen LogP) is 3.02. The number of nitrogens with zero attached hydrogens (tertiary/aromatic N) is 3. The third-order valence-electron chi connectivity index (χ3n) is 4.46. The lowest BCUT2D eigenvalue weighted by molar-refractivity contribution is 0.103. The lowest BCUT2D eigenvalue weighted by Crippen LogP contribution is -2.46. The summed E-state index contributed by atoms with van der Waals surface area (Å²) in [5, 5.41) is 3.93. The van der Waals surface area contributed by atoms with E-state index < -0.39 is 0 Å². The van der Waals surface area contributed by atoms with Gasteiger partial charge in [0.05, 0.1) is 6.61 Å². The van der Waals surface area contributed by atoms with E-state index in [-0.39, 0.29) is 0 Å². The fourth-order valence-electron chi connectivity index (χ4n) is 3.04. The minimum absolute atomic E-state index is 0.540. The Labute approximate surface area is 144 Å². The summed E-state index contributed by atoms with van der Waals surface area (Å²) < 4.78 is 10.7. The van der Waals surface area contributed by atoms with E-state index in [1.54, 1.807) is 0 Å². The highest BCUT2D eigenvalue weighted by atomic mass is 16.5. The van der Waals surface area contributed by atoms with Crippen LogP contribution in [0.3, 0.4) is 0 Å². The number of aryl methyl sites for hydroxylation is 2. The highest BCUT2D eigenvalue weighted by Gasteiger charge is 2.16. The molecule has 130 valence electrons. The fourth-order valence-corrected chi connectivity index (χ4v) is 3.04. The molecule has 0 radical (unpaired) electrons. The molecular formula is C19H27N3O2. The molecule has 0 saturated carbocycles. The van der Waals surface area contributed by atoms with Gasteiger partial charge in [0.2, 0.25) is 0 Å². The Morgan fingerprint density at radius 3 is 2.50 bits per heavy atom. The summed E-state index contributed by atoms with van der Waals surface area (Å²) in [5.74, 6) is 0.833. The van der Waals surface area contributed by atoms with E-state index in [1.807, 2.05) is 13.0 Å². The average Bonchev–Trinajstić information content (AvgIpc) is 3.01. The zero-order chi connectivity index (χ0) is 16.8. The van der Waals surface area contributed by atoms with Crippen molar-refractivity contribution in [2.45, 2.75) is 26.9 Å². The second-order valence-corrected chi connectivity index (χ2v) is 6.50. The third kappa shape index (κ3) is 4.82. The smallest absolute Gasteiger partial charge is 0.134 e. The van der Waals surface area contributed by atoms with Crippen molar-refractivity contribution in [3.8, 4) is 0 Å². The van der Waals surface area contributed by atoms with Crippen LogP contribution < -0.4 is 4.90 Å². The lowest BCUT2D eigenvalue weighted by Gasteiger charge is -2.36. The Morgan fingerprint density at radius 2 is 1.83 bits per heavy atom. The van der Waals surface area contributed by atoms with E-state index >= 15 is 0 Å². The monoisotopic (exact) mass is 329 g/mol. The molecule has 5 heteroatoms. The molecule has 1 fully saturated rings. The number of benzene rings is 1. The van der Waals surface area contributed by atoms with Gasteiger partial charge in [0.1, 0.15) is 11.5 Å². The summed E-state index contributed by atoms with van der Waals surface area (Å²) in [6, 6.07) is 10.8. The molecule has 1 saturated heterocycles. The molecule has 24 heavy (non-hydrogen) atoms. The van der Waals surface area contributed by atoms with Crippen LogP contribution >= 0.6 is 0 Å². The molecule has 0 spiro atoms. The van der Waals surface area contributed by atoms with Crippen molar-refractivity contribution in [1.82, 2.24) is 10.1 Å².